The van der Waals surface area contributed by atoms with Gasteiger partial charge in [0.05, 0.1) is 17.7 Å². The molecule has 0 unspecified atom stereocenters. The average Bonchev–Trinajstić information content (AvgIpc) is 3.47. The zero-order valence-electron chi connectivity index (χ0n) is 23.9. The normalized spacial score (nSPS) is 10.7. The van der Waals surface area contributed by atoms with Gasteiger partial charge in [-0.15, -0.1) is 0 Å². The highest BCUT2D eigenvalue weighted by Gasteiger charge is 2.28. The van der Waals surface area contributed by atoms with Gasteiger partial charge in [-0.1, -0.05) is 77.4 Å². The molecule has 0 radical (unpaired) electrons. The predicted molar refractivity (Wildman–Crippen MR) is 167 cm³/mol. The number of ketones is 1. The SMILES string of the molecule is COc1ccc(C(=O)Nc2c(C(=O)CCN)noc2-c2cc(Cl)c(OCc3ccccc3)cc2OCc2ccccc2)cc1. The Morgan fingerprint density at radius 2 is 1.48 bits per heavy atom. The third kappa shape index (κ3) is 7.26. The lowest BCUT2D eigenvalue weighted by Gasteiger charge is -2.16. The Balaban J connectivity index is 1.55. The van der Waals surface area contributed by atoms with Gasteiger partial charge >= 0.3 is 0 Å². The molecule has 9 nitrogen and oxygen atoms in total. The number of rotatable bonds is 13. The number of nitrogens with two attached hydrogens (primary N) is 1. The van der Waals surface area contributed by atoms with Gasteiger partial charge < -0.3 is 29.8 Å². The first-order valence-corrected chi connectivity index (χ1v) is 14.2. The number of anilines is 1. The molecule has 44 heavy (non-hydrogen) atoms. The van der Waals surface area contributed by atoms with E-state index >= 15 is 0 Å². The van der Waals surface area contributed by atoms with Gasteiger partial charge in [0.15, 0.2) is 17.2 Å². The number of hydrogen-bond acceptors (Lipinski definition) is 8. The van der Waals surface area contributed by atoms with E-state index in [-0.39, 0.29) is 48.3 Å². The molecular weight excluding hydrogens is 582 g/mol. The number of nitrogens with zero attached hydrogens (tertiary/aromatic N) is 1. The summed E-state index contributed by atoms with van der Waals surface area (Å²) in [5.74, 6) is 0.523. The minimum atomic E-state index is -0.487. The molecule has 0 fully saturated rings. The summed E-state index contributed by atoms with van der Waals surface area (Å²) in [5, 5.41) is 7.10. The van der Waals surface area contributed by atoms with Crippen molar-refractivity contribution in [3.63, 3.8) is 0 Å². The third-order valence-electron chi connectivity index (χ3n) is 6.67. The highest BCUT2D eigenvalue weighted by Crippen LogP contribution is 2.43. The Morgan fingerprint density at radius 3 is 2.07 bits per heavy atom. The smallest absolute Gasteiger partial charge is 0.255 e. The molecule has 0 bridgehead atoms. The minimum Gasteiger partial charge on any atom is -0.497 e. The predicted octanol–water partition coefficient (Wildman–Crippen LogP) is 6.95. The topological polar surface area (TPSA) is 126 Å². The van der Waals surface area contributed by atoms with Crippen molar-refractivity contribution in [2.45, 2.75) is 19.6 Å². The summed E-state index contributed by atoms with van der Waals surface area (Å²) in [6, 6.07) is 29.0. The standard InChI is InChI=1S/C34H30ClN3O6/c1-41-25-14-12-24(13-15-25)34(40)37-32-31(28(39)16-17-36)38-44-33(32)26-18-27(35)30(43-21-23-10-6-3-7-11-23)19-29(26)42-20-22-8-4-2-5-9-22/h2-15,18-19H,16-17,20-21,36H2,1H3,(H,37,40). The van der Waals surface area contributed by atoms with Gasteiger partial charge in [0.2, 0.25) is 0 Å². The van der Waals surface area contributed by atoms with E-state index in [2.05, 4.69) is 10.5 Å². The molecule has 0 saturated carbocycles. The first kappa shape index (κ1) is 30.3. The molecule has 5 rings (SSSR count). The summed E-state index contributed by atoms with van der Waals surface area (Å²) in [5.41, 5.74) is 8.23. The molecule has 5 aromatic rings. The van der Waals surface area contributed by atoms with Gasteiger partial charge in [0.25, 0.3) is 5.91 Å². The van der Waals surface area contributed by atoms with E-state index in [1.807, 2.05) is 60.7 Å². The lowest BCUT2D eigenvalue weighted by Crippen LogP contribution is -2.16. The number of ether oxygens (including phenoxy) is 3. The molecule has 0 aliphatic carbocycles. The molecule has 1 aromatic heterocycles. The van der Waals surface area contributed by atoms with Crippen LogP contribution in [0.4, 0.5) is 5.69 Å². The van der Waals surface area contributed by atoms with Crippen molar-refractivity contribution >= 4 is 29.0 Å². The van der Waals surface area contributed by atoms with E-state index in [1.54, 1.807) is 36.4 Å². The molecular formula is C34H30ClN3O6. The van der Waals surface area contributed by atoms with Gasteiger partial charge in [-0.05, 0) is 48.0 Å². The Labute approximate surface area is 259 Å². The number of benzene rings is 4. The highest BCUT2D eigenvalue weighted by atomic mass is 35.5. The molecule has 4 aromatic carbocycles. The number of halogens is 1. The summed E-state index contributed by atoms with van der Waals surface area (Å²) >= 11 is 6.71. The lowest BCUT2D eigenvalue weighted by atomic mass is 10.1. The molecule has 0 aliphatic rings. The summed E-state index contributed by atoms with van der Waals surface area (Å²) in [6.45, 7) is 0.590. The van der Waals surface area contributed by atoms with Crippen molar-refractivity contribution in [2.24, 2.45) is 5.73 Å². The number of carbonyl (C=O) groups excluding carboxylic acids is 2. The Hall–Kier alpha value is -5.12. The number of methoxy groups -OCH3 is 1. The van der Waals surface area contributed by atoms with Crippen molar-refractivity contribution in [1.29, 1.82) is 0 Å². The highest BCUT2D eigenvalue weighted by molar-refractivity contribution is 6.32. The van der Waals surface area contributed by atoms with Crippen molar-refractivity contribution in [2.75, 3.05) is 19.0 Å². The van der Waals surface area contributed by atoms with Crippen LogP contribution in [0.3, 0.4) is 0 Å². The molecule has 3 N–H and O–H groups in total. The van der Waals surface area contributed by atoms with Crippen LogP contribution < -0.4 is 25.3 Å². The van der Waals surface area contributed by atoms with Crippen LogP contribution in [-0.2, 0) is 13.2 Å². The number of Topliss-reactive ketones (excluding diaryl/α,β-unsaturated/α-hetero) is 1. The van der Waals surface area contributed by atoms with Crippen LogP contribution in [0, 0.1) is 0 Å². The average molecular weight is 612 g/mol. The van der Waals surface area contributed by atoms with Crippen LogP contribution in [0.25, 0.3) is 11.3 Å². The summed E-state index contributed by atoms with van der Waals surface area (Å²) in [7, 11) is 1.54. The number of carbonyl (C=O) groups is 2. The van der Waals surface area contributed by atoms with Gasteiger partial charge in [-0.3, -0.25) is 9.59 Å². The van der Waals surface area contributed by atoms with Crippen molar-refractivity contribution in [1.82, 2.24) is 5.16 Å². The van der Waals surface area contributed by atoms with Crippen LogP contribution in [-0.4, -0.2) is 30.5 Å². The van der Waals surface area contributed by atoms with E-state index in [4.69, 9.17) is 36.1 Å². The molecule has 0 spiro atoms. The molecule has 0 atom stereocenters. The van der Waals surface area contributed by atoms with Crippen LogP contribution in [0.15, 0.2) is 102 Å². The Kier molecular flexibility index (Phi) is 9.91. The van der Waals surface area contributed by atoms with Crippen molar-refractivity contribution < 1.29 is 28.3 Å². The van der Waals surface area contributed by atoms with Crippen LogP contribution in [0.2, 0.25) is 5.02 Å². The maximum absolute atomic E-state index is 13.3. The third-order valence-corrected chi connectivity index (χ3v) is 6.97. The molecule has 224 valence electrons. The molecule has 10 heteroatoms. The van der Waals surface area contributed by atoms with Crippen molar-refractivity contribution in [3.05, 3.63) is 124 Å². The number of aromatic nitrogens is 1. The minimum absolute atomic E-state index is 0.00175. The van der Waals surface area contributed by atoms with E-state index < -0.39 is 11.7 Å². The maximum Gasteiger partial charge on any atom is 0.255 e. The summed E-state index contributed by atoms with van der Waals surface area (Å²) < 4.78 is 23.2. The largest absolute Gasteiger partial charge is 0.497 e. The molecule has 1 amide bonds. The maximum atomic E-state index is 13.3. The van der Waals surface area contributed by atoms with Gasteiger partial charge in [0, 0.05) is 18.1 Å². The Bertz CT molecular complexity index is 1720. The van der Waals surface area contributed by atoms with Crippen LogP contribution in [0.5, 0.6) is 17.2 Å². The fourth-order valence-corrected chi connectivity index (χ4v) is 4.59. The molecule has 0 saturated heterocycles. The quantitative estimate of drug-likeness (QED) is 0.137. The molecule has 0 aliphatic heterocycles. The zero-order valence-corrected chi connectivity index (χ0v) is 24.7. The monoisotopic (exact) mass is 611 g/mol. The van der Waals surface area contributed by atoms with Gasteiger partial charge in [0.1, 0.15) is 36.1 Å². The van der Waals surface area contributed by atoms with Crippen LogP contribution >= 0.6 is 11.6 Å². The zero-order chi connectivity index (χ0) is 30.9. The second kappa shape index (κ2) is 14.4. The van der Waals surface area contributed by atoms with E-state index in [9.17, 15) is 9.59 Å². The summed E-state index contributed by atoms with van der Waals surface area (Å²) in [4.78, 5) is 26.3. The lowest BCUT2D eigenvalue weighted by molar-refractivity contribution is 0.0977. The number of hydrogen-bond donors (Lipinski definition) is 2. The second-order valence-electron chi connectivity index (χ2n) is 9.71. The fourth-order valence-electron chi connectivity index (χ4n) is 4.37. The van der Waals surface area contributed by atoms with Crippen LogP contribution in [0.1, 0.15) is 38.4 Å². The first-order chi connectivity index (χ1) is 21.5. The second-order valence-corrected chi connectivity index (χ2v) is 10.1. The first-order valence-electron chi connectivity index (χ1n) is 13.8. The van der Waals surface area contributed by atoms with E-state index in [0.717, 1.165) is 11.1 Å². The summed E-state index contributed by atoms with van der Waals surface area (Å²) in [6.07, 6.45) is 0.00175. The fraction of sp³-hybridized carbons (Fsp3) is 0.147. The van der Waals surface area contributed by atoms with E-state index in [0.29, 0.717) is 28.4 Å². The van der Waals surface area contributed by atoms with E-state index in [1.165, 1.54) is 7.11 Å². The molecule has 1 heterocycles. The number of nitrogens with one attached hydrogen (secondary N) is 1. The Morgan fingerprint density at radius 1 is 0.864 bits per heavy atom. The number of amides is 1. The van der Waals surface area contributed by atoms with Gasteiger partial charge in [-0.2, -0.15) is 0 Å². The van der Waals surface area contributed by atoms with Crippen molar-refractivity contribution in [3.8, 4) is 28.6 Å². The van der Waals surface area contributed by atoms with Gasteiger partial charge in [-0.25, -0.2) is 0 Å².